The van der Waals surface area contributed by atoms with E-state index < -0.39 is 0 Å². The molecule has 0 radical (unpaired) electrons. The molecule has 0 spiro atoms. The van der Waals surface area contributed by atoms with Crippen molar-refractivity contribution in [1.82, 2.24) is 24.5 Å². The summed E-state index contributed by atoms with van der Waals surface area (Å²) in [7, 11) is 3.98. The molecule has 9 heteroatoms. The first-order chi connectivity index (χ1) is 16.4. The Labute approximate surface area is 210 Å². The predicted octanol–water partition coefficient (Wildman–Crippen LogP) is 2.58. The van der Waals surface area contributed by atoms with E-state index in [1.807, 2.05) is 51.9 Å². The SMILES string of the molecule is CN1CCN(C(=O)C[C@H]2CN(C(=O)CCc3ccnn3C)CC[C@@H]2Oc2cccc(Br)c2)CC1. The summed E-state index contributed by atoms with van der Waals surface area (Å²) in [6, 6.07) is 9.74. The van der Waals surface area contributed by atoms with E-state index in [-0.39, 0.29) is 23.8 Å². The molecule has 2 aliphatic heterocycles. The lowest BCUT2D eigenvalue weighted by molar-refractivity contribution is -0.140. The van der Waals surface area contributed by atoms with Crippen molar-refractivity contribution < 1.29 is 14.3 Å². The van der Waals surface area contributed by atoms with Crippen LogP contribution in [0.15, 0.2) is 41.0 Å². The summed E-state index contributed by atoms with van der Waals surface area (Å²) >= 11 is 3.50. The zero-order chi connectivity index (χ0) is 24.1. The molecule has 0 saturated carbocycles. The van der Waals surface area contributed by atoms with Crippen LogP contribution in [0.2, 0.25) is 0 Å². The van der Waals surface area contributed by atoms with Crippen molar-refractivity contribution >= 4 is 27.7 Å². The van der Waals surface area contributed by atoms with E-state index in [1.54, 1.807) is 6.20 Å². The number of nitrogens with zero attached hydrogens (tertiary/aromatic N) is 5. The Kier molecular flexibility index (Phi) is 8.26. The number of aromatic nitrogens is 2. The van der Waals surface area contributed by atoms with Gasteiger partial charge < -0.3 is 19.4 Å². The second kappa shape index (κ2) is 11.4. The normalized spacial score (nSPS) is 21.5. The Bertz CT molecular complexity index is 988. The van der Waals surface area contributed by atoms with Crippen LogP contribution < -0.4 is 4.74 Å². The van der Waals surface area contributed by atoms with Crippen LogP contribution in [0.3, 0.4) is 0 Å². The minimum absolute atomic E-state index is 0.0412. The molecular weight excluding hydrogens is 498 g/mol. The monoisotopic (exact) mass is 531 g/mol. The number of likely N-dealkylation sites (N-methyl/N-ethyl adjacent to an activating group) is 1. The van der Waals surface area contributed by atoms with Crippen LogP contribution in [0.5, 0.6) is 5.75 Å². The third-order valence-corrected chi connectivity index (χ3v) is 7.40. The van der Waals surface area contributed by atoms with E-state index in [9.17, 15) is 9.59 Å². The van der Waals surface area contributed by atoms with Crippen LogP contribution in [0.4, 0.5) is 0 Å². The number of hydrogen-bond donors (Lipinski definition) is 0. The van der Waals surface area contributed by atoms with E-state index in [0.29, 0.717) is 38.8 Å². The first kappa shape index (κ1) is 24.7. The van der Waals surface area contributed by atoms with Crippen molar-refractivity contribution in [2.75, 3.05) is 46.3 Å². The maximum Gasteiger partial charge on any atom is 0.223 e. The first-order valence-electron chi connectivity index (χ1n) is 12.0. The molecule has 0 aliphatic carbocycles. The quantitative estimate of drug-likeness (QED) is 0.549. The highest BCUT2D eigenvalue weighted by Gasteiger charge is 2.35. The number of likely N-dealkylation sites (tertiary alicyclic amines) is 1. The summed E-state index contributed by atoms with van der Waals surface area (Å²) in [6.45, 7) is 4.49. The van der Waals surface area contributed by atoms with Crippen molar-refractivity contribution in [3.8, 4) is 5.75 Å². The highest BCUT2D eigenvalue weighted by Crippen LogP contribution is 2.28. The minimum Gasteiger partial charge on any atom is -0.490 e. The van der Waals surface area contributed by atoms with Gasteiger partial charge in [-0.3, -0.25) is 14.3 Å². The Balaban J connectivity index is 1.41. The van der Waals surface area contributed by atoms with E-state index in [0.717, 1.165) is 42.1 Å². The topological polar surface area (TPSA) is 70.9 Å². The summed E-state index contributed by atoms with van der Waals surface area (Å²) in [6.07, 6.45) is 3.86. The van der Waals surface area contributed by atoms with Gasteiger partial charge in [0.15, 0.2) is 0 Å². The molecule has 0 N–H and O–H groups in total. The predicted molar refractivity (Wildman–Crippen MR) is 133 cm³/mol. The van der Waals surface area contributed by atoms with Gasteiger partial charge in [0.2, 0.25) is 11.8 Å². The summed E-state index contributed by atoms with van der Waals surface area (Å²) in [5.74, 6) is 1.03. The van der Waals surface area contributed by atoms with Crippen molar-refractivity contribution in [1.29, 1.82) is 0 Å². The molecule has 3 heterocycles. The van der Waals surface area contributed by atoms with Crippen molar-refractivity contribution in [3.63, 3.8) is 0 Å². The lowest BCUT2D eigenvalue weighted by Crippen LogP contribution is -2.51. The van der Waals surface area contributed by atoms with Gasteiger partial charge in [-0.15, -0.1) is 0 Å². The van der Waals surface area contributed by atoms with Gasteiger partial charge >= 0.3 is 0 Å². The van der Waals surface area contributed by atoms with Crippen molar-refractivity contribution in [2.24, 2.45) is 13.0 Å². The molecule has 184 valence electrons. The van der Waals surface area contributed by atoms with Gasteiger partial charge in [0.05, 0.1) is 0 Å². The number of aryl methyl sites for hydroxylation is 2. The molecule has 8 nitrogen and oxygen atoms in total. The number of hydrogen-bond acceptors (Lipinski definition) is 5. The molecule has 34 heavy (non-hydrogen) atoms. The third-order valence-electron chi connectivity index (χ3n) is 6.91. The number of amides is 2. The molecular formula is C25H34BrN5O3. The molecule has 1 aromatic heterocycles. The van der Waals surface area contributed by atoms with Crippen LogP contribution in [-0.2, 0) is 23.1 Å². The highest BCUT2D eigenvalue weighted by molar-refractivity contribution is 9.10. The Morgan fingerprint density at radius 3 is 2.56 bits per heavy atom. The fourth-order valence-electron chi connectivity index (χ4n) is 4.75. The molecule has 2 fully saturated rings. The maximum absolute atomic E-state index is 13.2. The van der Waals surface area contributed by atoms with E-state index in [1.165, 1.54) is 0 Å². The van der Waals surface area contributed by atoms with Crippen molar-refractivity contribution in [3.05, 3.63) is 46.7 Å². The fourth-order valence-corrected chi connectivity index (χ4v) is 5.13. The van der Waals surface area contributed by atoms with Gasteiger partial charge in [0, 0.05) is 87.9 Å². The molecule has 2 saturated heterocycles. The molecule has 2 aliphatic rings. The fraction of sp³-hybridized carbons (Fsp3) is 0.560. The molecule has 2 amide bonds. The summed E-state index contributed by atoms with van der Waals surface area (Å²) in [5, 5.41) is 4.18. The first-order valence-corrected chi connectivity index (χ1v) is 12.8. The summed E-state index contributed by atoms with van der Waals surface area (Å²) in [5.41, 5.74) is 1.04. The van der Waals surface area contributed by atoms with E-state index in [2.05, 4.69) is 33.0 Å². The zero-order valence-corrected chi connectivity index (χ0v) is 21.6. The number of piperazine rings is 1. The van der Waals surface area contributed by atoms with Crippen LogP contribution >= 0.6 is 15.9 Å². The Hall–Kier alpha value is -2.39. The highest BCUT2D eigenvalue weighted by atomic mass is 79.9. The van der Waals surface area contributed by atoms with Gasteiger partial charge in [-0.05, 0) is 37.7 Å². The molecule has 0 unspecified atom stereocenters. The Morgan fingerprint density at radius 2 is 1.85 bits per heavy atom. The number of carbonyl (C=O) groups excluding carboxylic acids is 2. The number of rotatable bonds is 7. The Morgan fingerprint density at radius 1 is 1.06 bits per heavy atom. The average molecular weight is 532 g/mol. The summed E-state index contributed by atoms with van der Waals surface area (Å²) < 4.78 is 9.12. The van der Waals surface area contributed by atoms with Crippen LogP contribution in [0.1, 0.15) is 25.0 Å². The minimum atomic E-state index is -0.105. The molecule has 4 rings (SSSR count). The van der Waals surface area contributed by atoms with Gasteiger partial charge in [0.25, 0.3) is 0 Å². The number of halogens is 1. The third kappa shape index (κ3) is 6.39. The van der Waals surface area contributed by atoms with Gasteiger partial charge in [-0.1, -0.05) is 22.0 Å². The van der Waals surface area contributed by atoms with Gasteiger partial charge in [-0.2, -0.15) is 5.10 Å². The average Bonchev–Trinajstić information content (AvgIpc) is 3.23. The number of ether oxygens (including phenoxy) is 1. The van der Waals surface area contributed by atoms with Crippen molar-refractivity contribution in [2.45, 2.75) is 31.8 Å². The van der Waals surface area contributed by atoms with Crippen LogP contribution in [0, 0.1) is 5.92 Å². The lowest BCUT2D eigenvalue weighted by atomic mass is 9.90. The van der Waals surface area contributed by atoms with Gasteiger partial charge in [-0.25, -0.2) is 0 Å². The standard InChI is InChI=1S/C25H34BrN5O3/c1-28-12-14-30(15-13-28)25(33)16-19-18-31(24(32)7-6-21-8-10-27-29(21)2)11-9-23(19)34-22-5-3-4-20(26)17-22/h3-5,8,10,17,19,23H,6-7,9,11-16,18H2,1-2H3/t19-,23-/m0/s1. The van der Waals surface area contributed by atoms with Crippen LogP contribution in [0.25, 0.3) is 0 Å². The zero-order valence-electron chi connectivity index (χ0n) is 20.0. The number of benzene rings is 1. The largest absolute Gasteiger partial charge is 0.490 e. The van der Waals surface area contributed by atoms with E-state index in [4.69, 9.17) is 4.74 Å². The second-order valence-corrected chi connectivity index (χ2v) is 10.3. The second-order valence-electron chi connectivity index (χ2n) is 9.34. The summed E-state index contributed by atoms with van der Waals surface area (Å²) in [4.78, 5) is 32.3. The molecule has 1 aromatic carbocycles. The number of piperidine rings is 1. The smallest absolute Gasteiger partial charge is 0.223 e. The number of carbonyl (C=O) groups is 2. The molecule has 0 bridgehead atoms. The van der Waals surface area contributed by atoms with Crippen LogP contribution in [-0.4, -0.2) is 88.7 Å². The maximum atomic E-state index is 13.2. The molecule has 2 aromatic rings. The van der Waals surface area contributed by atoms with Gasteiger partial charge in [0.1, 0.15) is 11.9 Å². The molecule has 2 atom stereocenters. The van der Waals surface area contributed by atoms with E-state index >= 15 is 0 Å². The lowest BCUT2D eigenvalue weighted by Gasteiger charge is -2.40.